The Bertz CT molecular complexity index is 161. The number of thioether (sulfide) groups is 1. The van der Waals surface area contributed by atoms with Crippen molar-refractivity contribution in [3.8, 4) is 0 Å². The molecule has 0 spiro atoms. The zero-order valence-electron chi connectivity index (χ0n) is 3.90. The number of carbonyl (C=O) groups is 1. The molecule has 0 atom stereocenters. The summed E-state index contributed by atoms with van der Waals surface area (Å²) in [5.74, 6) is 0. The first-order chi connectivity index (χ1) is 3.93. The van der Waals surface area contributed by atoms with E-state index in [-0.39, 0.29) is 0 Å². The fraction of sp³-hybridized carbons (Fsp3) is 0. The lowest BCUT2D eigenvalue weighted by atomic mass is 11.0. The highest BCUT2D eigenvalue weighted by Gasteiger charge is 1.90. The lowest BCUT2D eigenvalue weighted by Crippen LogP contribution is -1.62. The van der Waals surface area contributed by atoms with E-state index in [0.29, 0.717) is 0 Å². The van der Waals surface area contributed by atoms with E-state index >= 15 is 0 Å². The van der Waals surface area contributed by atoms with Crippen LogP contribution in [0.3, 0.4) is 0 Å². The molecule has 1 rings (SSSR count). The Balaban J connectivity index is 2.62. The molecule has 0 aromatic carbocycles. The quantitative estimate of drug-likeness (QED) is 0.465. The van der Waals surface area contributed by atoms with Gasteiger partial charge in [-0.25, -0.2) is 4.98 Å². The highest BCUT2D eigenvalue weighted by Crippen LogP contribution is 2.16. The largest absolute Gasteiger partial charge is 0.290 e. The van der Waals surface area contributed by atoms with Gasteiger partial charge in [0.2, 0.25) is 0 Å². The van der Waals surface area contributed by atoms with Crippen LogP contribution in [0.25, 0.3) is 0 Å². The van der Waals surface area contributed by atoms with E-state index in [2.05, 4.69) is 4.98 Å². The first-order valence-electron chi connectivity index (χ1n) is 1.93. The monoisotopic (exact) mass is 145 g/mol. The second-order valence-electron chi connectivity index (χ2n) is 1.01. The van der Waals surface area contributed by atoms with Gasteiger partial charge in [-0.3, -0.25) is 4.79 Å². The number of nitrogens with zero attached hydrogens (tertiary/aromatic N) is 1. The van der Waals surface area contributed by atoms with E-state index in [0.717, 1.165) is 21.7 Å². The Morgan fingerprint density at radius 3 is 3.25 bits per heavy atom. The first kappa shape index (κ1) is 5.78. The van der Waals surface area contributed by atoms with Gasteiger partial charge in [0.1, 0.15) is 0 Å². The van der Waals surface area contributed by atoms with E-state index < -0.39 is 0 Å². The summed E-state index contributed by atoms with van der Waals surface area (Å²) in [7, 11) is 0. The summed E-state index contributed by atoms with van der Waals surface area (Å²) in [6, 6.07) is 0. The minimum Gasteiger partial charge on any atom is -0.290 e. The van der Waals surface area contributed by atoms with Gasteiger partial charge in [-0.2, -0.15) is 0 Å². The van der Waals surface area contributed by atoms with Crippen molar-refractivity contribution in [2.75, 3.05) is 0 Å². The summed E-state index contributed by atoms with van der Waals surface area (Å²) in [4.78, 5) is 13.7. The van der Waals surface area contributed by atoms with Gasteiger partial charge in [-0.15, -0.1) is 11.3 Å². The maximum Gasteiger partial charge on any atom is 0.183 e. The second-order valence-corrected chi connectivity index (χ2v) is 2.98. The molecule has 1 aromatic heterocycles. The standard InChI is InChI=1S/C4H3NOS2/c6-3-8-4-5-1-2-7-4/h1-3H. The van der Waals surface area contributed by atoms with Gasteiger partial charge >= 0.3 is 0 Å². The van der Waals surface area contributed by atoms with Crippen molar-refractivity contribution >= 4 is 28.7 Å². The Hall–Kier alpha value is -0.350. The molecule has 4 heteroatoms. The predicted molar refractivity (Wildman–Crippen MR) is 34.7 cm³/mol. The zero-order valence-corrected chi connectivity index (χ0v) is 5.54. The van der Waals surface area contributed by atoms with E-state index in [4.69, 9.17) is 0 Å². The number of carbonyl (C=O) groups excluding carboxylic acids is 1. The number of hydrogen-bond acceptors (Lipinski definition) is 4. The Morgan fingerprint density at radius 2 is 2.75 bits per heavy atom. The molecular weight excluding hydrogens is 142 g/mol. The fourth-order valence-electron chi connectivity index (χ4n) is 0.310. The average molecular weight is 145 g/mol. The van der Waals surface area contributed by atoms with Crippen LogP contribution in [0.5, 0.6) is 0 Å². The third-order valence-electron chi connectivity index (χ3n) is 0.559. The van der Waals surface area contributed by atoms with Crippen molar-refractivity contribution in [2.24, 2.45) is 0 Å². The SMILES string of the molecule is O=CSc1nccs1. The topological polar surface area (TPSA) is 30.0 Å². The Labute approximate surface area is 54.9 Å². The van der Waals surface area contributed by atoms with Crippen LogP contribution in [0.2, 0.25) is 0 Å². The molecule has 2 nitrogen and oxygen atoms in total. The minimum absolute atomic E-state index is 0.777. The van der Waals surface area contributed by atoms with Crippen molar-refractivity contribution < 1.29 is 4.79 Å². The molecular formula is C4H3NOS2. The molecule has 0 aliphatic rings. The molecule has 0 N–H and O–H groups in total. The maximum atomic E-state index is 9.80. The van der Waals surface area contributed by atoms with Crippen LogP contribution in [0.1, 0.15) is 0 Å². The van der Waals surface area contributed by atoms with Crippen molar-refractivity contribution in [1.82, 2.24) is 4.98 Å². The molecule has 0 aliphatic carbocycles. The van der Waals surface area contributed by atoms with Crippen molar-refractivity contribution in [2.45, 2.75) is 4.34 Å². The molecule has 0 fully saturated rings. The molecule has 0 bridgehead atoms. The van der Waals surface area contributed by atoms with Crippen LogP contribution in [-0.2, 0) is 4.79 Å². The van der Waals surface area contributed by atoms with E-state index in [1.165, 1.54) is 11.3 Å². The number of thiazole rings is 1. The number of hydrogen-bond donors (Lipinski definition) is 0. The van der Waals surface area contributed by atoms with Crippen molar-refractivity contribution in [3.05, 3.63) is 11.6 Å². The third kappa shape index (κ3) is 1.31. The minimum atomic E-state index is 0.777. The van der Waals surface area contributed by atoms with Gasteiger partial charge in [-0.1, -0.05) is 0 Å². The summed E-state index contributed by atoms with van der Waals surface area (Å²) >= 11 is 2.58. The molecule has 0 saturated carbocycles. The van der Waals surface area contributed by atoms with Gasteiger partial charge in [0.25, 0.3) is 0 Å². The lowest BCUT2D eigenvalue weighted by Gasteiger charge is -1.76. The van der Waals surface area contributed by atoms with Crippen LogP contribution in [0.15, 0.2) is 15.9 Å². The van der Waals surface area contributed by atoms with Crippen LogP contribution < -0.4 is 0 Å². The normalized spacial score (nSPS) is 9.00. The number of rotatable bonds is 2. The number of aromatic nitrogens is 1. The van der Waals surface area contributed by atoms with Gasteiger partial charge in [0.15, 0.2) is 9.96 Å². The van der Waals surface area contributed by atoms with Crippen molar-refractivity contribution in [3.63, 3.8) is 0 Å². The van der Waals surface area contributed by atoms with Gasteiger partial charge in [0.05, 0.1) is 0 Å². The van der Waals surface area contributed by atoms with E-state index in [1.54, 1.807) is 6.20 Å². The smallest absolute Gasteiger partial charge is 0.183 e. The van der Waals surface area contributed by atoms with E-state index in [9.17, 15) is 4.79 Å². The summed E-state index contributed by atoms with van der Waals surface area (Å²) < 4.78 is 0.806. The lowest BCUT2D eigenvalue weighted by molar-refractivity contribution is 0.570. The Kier molecular flexibility index (Phi) is 2.05. The molecule has 1 heterocycles. The van der Waals surface area contributed by atoms with Crippen molar-refractivity contribution in [1.29, 1.82) is 0 Å². The van der Waals surface area contributed by atoms with Gasteiger partial charge in [-0.05, 0) is 11.8 Å². The van der Waals surface area contributed by atoms with Crippen LogP contribution in [-0.4, -0.2) is 10.6 Å². The Morgan fingerprint density at radius 1 is 1.88 bits per heavy atom. The third-order valence-corrected chi connectivity index (χ3v) is 2.10. The first-order valence-corrected chi connectivity index (χ1v) is 3.69. The molecule has 0 amide bonds. The zero-order chi connectivity index (χ0) is 5.82. The second kappa shape index (κ2) is 2.84. The molecule has 0 saturated heterocycles. The average Bonchev–Trinajstić information content (AvgIpc) is 2.19. The van der Waals surface area contributed by atoms with Crippen LogP contribution >= 0.6 is 23.1 Å². The molecule has 0 aliphatic heterocycles. The highest BCUT2D eigenvalue weighted by molar-refractivity contribution is 8.13. The van der Waals surface area contributed by atoms with Crippen LogP contribution in [0, 0.1) is 0 Å². The van der Waals surface area contributed by atoms with Crippen LogP contribution in [0.4, 0.5) is 0 Å². The summed E-state index contributed by atoms with van der Waals surface area (Å²) in [6.45, 7) is 0. The predicted octanol–water partition coefficient (Wildman–Crippen LogP) is 1.43. The maximum absolute atomic E-state index is 9.80. The molecule has 42 valence electrons. The van der Waals surface area contributed by atoms with Gasteiger partial charge < -0.3 is 0 Å². The summed E-state index contributed by atoms with van der Waals surface area (Å²) in [5.41, 5.74) is 0.777. The molecule has 0 unspecified atom stereocenters. The molecule has 0 radical (unpaired) electrons. The highest BCUT2D eigenvalue weighted by atomic mass is 32.2. The summed E-state index contributed by atoms with van der Waals surface area (Å²) in [5, 5.41) is 1.84. The summed E-state index contributed by atoms with van der Waals surface area (Å²) in [6.07, 6.45) is 1.68. The fourth-order valence-corrected chi connectivity index (χ4v) is 1.38. The molecule has 1 aromatic rings. The van der Waals surface area contributed by atoms with E-state index in [1.807, 2.05) is 5.38 Å². The van der Waals surface area contributed by atoms with Gasteiger partial charge in [0, 0.05) is 11.6 Å². The molecule has 8 heavy (non-hydrogen) atoms.